The number of rotatable bonds is 8. The monoisotopic (exact) mass is 649 g/mol. The maximum Gasteiger partial charge on any atom is 0.165 e. The number of methoxy groups -OCH3 is 2. The van der Waals surface area contributed by atoms with Crippen LogP contribution < -0.4 is 19.3 Å². The van der Waals surface area contributed by atoms with Crippen molar-refractivity contribution in [3.8, 4) is 28.4 Å². The first-order chi connectivity index (χ1) is 24.1. The number of nitrogens with zero attached hydrogens (tertiary/aromatic N) is 1. The van der Waals surface area contributed by atoms with Crippen molar-refractivity contribution in [2.75, 3.05) is 38.8 Å². The first-order valence-corrected chi connectivity index (χ1v) is 16.9. The molecule has 0 radical (unpaired) electrons. The summed E-state index contributed by atoms with van der Waals surface area (Å²) in [5.74, 6) is 1.75. The van der Waals surface area contributed by atoms with E-state index >= 15 is 0 Å². The summed E-state index contributed by atoms with van der Waals surface area (Å²) in [6.45, 7) is 2.73. The van der Waals surface area contributed by atoms with Gasteiger partial charge < -0.3 is 24.0 Å². The van der Waals surface area contributed by atoms with Crippen molar-refractivity contribution in [3.63, 3.8) is 0 Å². The highest BCUT2D eigenvalue weighted by atomic mass is 17.1. The lowest BCUT2D eigenvalue weighted by Crippen LogP contribution is -2.37. The quantitative estimate of drug-likeness (QED) is 0.134. The highest BCUT2D eigenvalue weighted by Crippen LogP contribution is 2.51. The molecule has 2 unspecified atom stereocenters. The fourth-order valence-electron chi connectivity index (χ4n) is 7.66. The molecular formula is C43H39NO5. The van der Waals surface area contributed by atoms with Crippen LogP contribution in [0.1, 0.15) is 46.8 Å². The summed E-state index contributed by atoms with van der Waals surface area (Å²) in [7, 11) is 3.34. The Kier molecular flexibility index (Phi) is 8.20. The van der Waals surface area contributed by atoms with E-state index in [1.165, 1.54) is 29.7 Å². The molecule has 0 bridgehead atoms. The van der Waals surface area contributed by atoms with Gasteiger partial charge in [-0.15, -0.1) is 0 Å². The van der Waals surface area contributed by atoms with Gasteiger partial charge in [0, 0.05) is 18.8 Å². The minimum Gasteiger partial charge on any atom is -0.493 e. The van der Waals surface area contributed by atoms with Crippen LogP contribution in [0.3, 0.4) is 0 Å². The molecule has 3 aliphatic rings. The lowest BCUT2D eigenvalue weighted by Gasteiger charge is -2.41. The van der Waals surface area contributed by atoms with Crippen LogP contribution >= 0.6 is 0 Å². The molecule has 1 aliphatic carbocycles. The largest absolute Gasteiger partial charge is 0.493 e. The molecule has 5 aromatic carbocycles. The predicted octanol–water partition coefficient (Wildman–Crippen LogP) is 9.25. The molecule has 6 nitrogen and oxygen atoms in total. The number of fused-ring (bicyclic) bond motifs is 3. The molecule has 2 heterocycles. The van der Waals surface area contributed by atoms with Gasteiger partial charge in [-0.05, 0) is 105 Å². The third-order valence-corrected chi connectivity index (χ3v) is 10.3. The minimum absolute atomic E-state index is 0.259. The maximum absolute atomic E-state index is 8.99. The van der Waals surface area contributed by atoms with Gasteiger partial charge in [-0.2, -0.15) is 0 Å². The third kappa shape index (κ3) is 5.57. The SMILES string of the molecule is COc1cc2c(cc1OC)C1OCC(c3ccccc3)(c3ccc(N4CCCC4)cc3)C=C1C=C2c1ccc(-c2ccc(OO)cc2)cc1. The van der Waals surface area contributed by atoms with Gasteiger partial charge in [0.2, 0.25) is 0 Å². The molecule has 1 saturated heterocycles. The molecule has 0 amide bonds. The molecule has 0 spiro atoms. The van der Waals surface area contributed by atoms with Crippen molar-refractivity contribution in [3.05, 3.63) is 161 Å². The van der Waals surface area contributed by atoms with Gasteiger partial charge in [0.25, 0.3) is 0 Å². The van der Waals surface area contributed by atoms with Gasteiger partial charge in [-0.1, -0.05) is 84.9 Å². The van der Waals surface area contributed by atoms with Crippen LogP contribution in [0, 0.1) is 0 Å². The zero-order valence-corrected chi connectivity index (χ0v) is 27.8. The van der Waals surface area contributed by atoms with Gasteiger partial charge in [-0.25, -0.2) is 5.26 Å². The lowest BCUT2D eigenvalue weighted by atomic mass is 9.70. The van der Waals surface area contributed by atoms with Crippen LogP contribution in [-0.2, 0) is 10.2 Å². The summed E-state index contributed by atoms with van der Waals surface area (Å²) >= 11 is 0. The van der Waals surface area contributed by atoms with E-state index in [1.807, 2.05) is 12.1 Å². The summed E-state index contributed by atoms with van der Waals surface area (Å²) in [6.07, 6.45) is 6.96. The Hall–Kier alpha value is -5.30. The van der Waals surface area contributed by atoms with Crippen LogP contribution in [0.25, 0.3) is 16.7 Å². The molecule has 5 aromatic rings. The second-order valence-corrected chi connectivity index (χ2v) is 13.0. The molecule has 0 aromatic heterocycles. The van der Waals surface area contributed by atoms with Crippen molar-refractivity contribution in [2.45, 2.75) is 24.4 Å². The van der Waals surface area contributed by atoms with E-state index in [1.54, 1.807) is 26.4 Å². The first kappa shape index (κ1) is 31.0. The van der Waals surface area contributed by atoms with Gasteiger partial charge in [-0.3, -0.25) is 0 Å². The number of hydrogen-bond donors (Lipinski definition) is 1. The van der Waals surface area contributed by atoms with E-state index in [0.717, 1.165) is 52.1 Å². The smallest absolute Gasteiger partial charge is 0.165 e. The Morgan fingerprint density at radius 1 is 0.714 bits per heavy atom. The van der Waals surface area contributed by atoms with Crippen LogP contribution in [0.4, 0.5) is 5.69 Å². The second-order valence-electron chi connectivity index (χ2n) is 13.0. The second kappa shape index (κ2) is 13.0. The van der Waals surface area contributed by atoms with Crippen molar-refractivity contribution < 1.29 is 24.4 Å². The van der Waals surface area contributed by atoms with E-state index in [-0.39, 0.29) is 6.10 Å². The maximum atomic E-state index is 8.99. The average Bonchev–Trinajstić information content (AvgIpc) is 3.73. The van der Waals surface area contributed by atoms with E-state index in [0.29, 0.717) is 23.9 Å². The van der Waals surface area contributed by atoms with Crippen molar-refractivity contribution >= 4 is 11.3 Å². The van der Waals surface area contributed by atoms with Crippen LogP contribution in [-0.4, -0.2) is 39.2 Å². The van der Waals surface area contributed by atoms with Crippen molar-refractivity contribution in [1.29, 1.82) is 0 Å². The molecule has 2 aliphatic heterocycles. The topological polar surface area (TPSA) is 60.4 Å². The molecule has 49 heavy (non-hydrogen) atoms. The van der Waals surface area contributed by atoms with Gasteiger partial charge in [0.05, 0.1) is 26.2 Å². The lowest BCUT2D eigenvalue weighted by molar-refractivity contribution is -0.137. The van der Waals surface area contributed by atoms with Crippen LogP contribution in [0.2, 0.25) is 0 Å². The standard InChI is InChI=1S/C43H39NO5/c1-46-40-25-38-37(31-12-10-29(11-13-31)30-14-20-36(49-45)21-15-30)24-32-27-43(33-8-4-3-5-9-33,28-48-42(32)39(38)26-41(40)47-2)34-16-18-35(19-17-34)44-22-6-7-23-44/h3-5,8-21,24-27,42,45H,6-7,22-23,28H2,1-2H3. The fraction of sp³-hybridized carbons (Fsp3) is 0.209. The summed E-state index contributed by atoms with van der Waals surface area (Å²) in [4.78, 5) is 6.84. The molecule has 1 N–H and O–H groups in total. The minimum atomic E-state index is -0.472. The number of ether oxygens (including phenoxy) is 3. The molecule has 6 heteroatoms. The summed E-state index contributed by atoms with van der Waals surface area (Å²) in [5.41, 5.74) is 10.7. The van der Waals surface area contributed by atoms with Gasteiger partial charge in [0.1, 0.15) is 6.10 Å². The van der Waals surface area contributed by atoms with Crippen LogP contribution in [0.15, 0.2) is 133 Å². The Labute approximate surface area is 287 Å². The Morgan fingerprint density at radius 3 is 1.98 bits per heavy atom. The van der Waals surface area contributed by atoms with Gasteiger partial charge in [0.15, 0.2) is 17.2 Å². The highest BCUT2D eigenvalue weighted by molar-refractivity contribution is 5.88. The summed E-state index contributed by atoms with van der Waals surface area (Å²) in [5, 5.41) is 8.99. The number of hydrogen-bond acceptors (Lipinski definition) is 6. The van der Waals surface area contributed by atoms with Crippen LogP contribution in [0.5, 0.6) is 17.2 Å². The molecule has 1 fully saturated rings. The van der Waals surface area contributed by atoms with E-state index in [4.69, 9.17) is 19.5 Å². The molecule has 2 atom stereocenters. The van der Waals surface area contributed by atoms with E-state index in [2.05, 4.69) is 113 Å². The van der Waals surface area contributed by atoms with E-state index in [9.17, 15) is 0 Å². The Balaban J connectivity index is 1.26. The zero-order valence-electron chi connectivity index (χ0n) is 27.8. The fourth-order valence-corrected chi connectivity index (χ4v) is 7.66. The predicted molar refractivity (Wildman–Crippen MR) is 194 cm³/mol. The molecular weight excluding hydrogens is 610 g/mol. The summed E-state index contributed by atoms with van der Waals surface area (Å²) < 4.78 is 18.5. The molecule has 246 valence electrons. The van der Waals surface area contributed by atoms with Crippen molar-refractivity contribution in [1.82, 2.24) is 0 Å². The van der Waals surface area contributed by atoms with Crippen molar-refractivity contribution in [2.24, 2.45) is 0 Å². The van der Waals surface area contributed by atoms with E-state index < -0.39 is 5.41 Å². The molecule has 0 saturated carbocycles. The first-order valence-electron chi connectivity index (χ1n) is 16.9. The third-order valence-electron chi connectivity index (χ3n) is 10.3. The zero-order chi connectivity index (χ0) is 33.4. The molecule has 8 rings (SSSR count). The normalized spacial score (nSPS) is 19.7. The number of benzene rings is 5. The highest BCUT2D eigenvalue weighted by Gasteiger charge is 2.41. The number of anilines is 1. The van der Waals surface area contributed by atoms with Gasteiger partial charge >= 0.3 is 0 Å². The summed E-state index contributed by atoms with van der Waals surface area (Å²) in [6, 6.07) is 39.9. The average molecular weight is 650 g/mol. The Morgan fingerprint density at radius 2 is 1.33 bits per heavy atom. The Bertz CT molecular complexity index is 2010.